The van der Waals surface area contributed by atoms with E-state index in [0.29, 0.717) is 0 Å². The van der Waals surface area contributed by atoms with Gasteiger partial charge >= 0.3 is 0 Å². The van der Waals surface area contributed by atoms with Gasteiger partial charge in [0.1, 0.15) is 4.90 Å². The lowest BCUT2D eigenvalue weighted by atomic mass is 10.1. The number of guanidine groups is 2. The number of nitrogens with one attached hydrogen (secondary N) is 1. The van der Waals surface area contributed by atoms with Crippen molar-refractivity contribution < 1.29 is 8.42 Å². The first kappa shape index (κ1) is 16.6. The summed E-state index contributed by atoms with van der Waals surface area (Å²) < 4.78 is 23.1. The molecule has 0 saturated heterocycles. The molecule has 9 N–H and O–H groups in total. The fourth-order valence-corrected chi connectivity index (χ4v) is 2.68. The third-order valence-corrected chi connectivity index (χ3v) is 3.80. The molecule has 23 heavy (non-hydrogen) atoms. The van der Waals surface area contributed by atoms with E-state index >= 15 is 0 Å². The van der Waals surface area contributed by atoms with Gasteiger partial charge in [-0.15, -0.1) is 10.2 Å². The monoisotopic (exact) mass is 358 g/mol. The van der Waals surface area contributed by atoms with E-state index in [-0.39, 0.29) is 38.9 Å². The summed E-state index contributed by atoms with van der Waals surface area (Å²) in [7, 11) is -4.08. The maximum Gasteiger partial charge on any atom is 0.239 e. The van der Waals surface area contributed by atoms with Crippen molar-refractivity contribution in [3.8, 4) is 11.4 Å². The van der Waals surface area contributed by atoms with Crippen LogP contribution in [0, 0.1) is 0 Å². The number of sulfonamides is 1. The fourth-order valence-electron chi connectivity index (χ4n) is 1.59. The van der Waals surface area contributed by atoms with Gasteiger partial charge in [-0.05, 0) is 17.3 Å². The van der Waals surface area contributed by atoms with Crippen molar-refractivity contribution in [2.24, 2.45) is 32.3 Å². The van der Waals surface area contributed by atoms with Crippen molar-refractivity contribution in [2.45, 2.75) is 4.90 Å². The second-order valence-electron chi connectivity index (χ2n) is 4.09. The molecule has 0 radical (unpaired) electrons. The number of primary sulfonamides is 1. The van der Waals surface area contributed by atoms with Crippen LogP contribution in [0.4, 0.5) is 5.69 Å². The minimum Gasteiger partial charge on any atom is -0.370 e. The Morgan fingerprint density at radius 1 is 1.26 bits per heavy atom. The molecule has 14 heteroatoms. The van der Waals surface area contributed by atoms with Gasteiger partial charge in [-0.25, -0.2) is 18.5 Å². The van der Waals surface area contributed by atoms with Gasteiger partial charge in [-0.2, -0.15) is 10.2 Å². The van der Waals surface area contributed by atoms with E-state index in [0.717, 1.165) is 6.07 Å². The molecular formula is C9H11ClN10O2S. The fraction of sp³-hybridized carbons (Fsp3) is 0. The molecule has 0 amide bonds. The predicted octanol–water partition coefficient (Wildman–Crippen LogP) is -1.61. The molecule has 12 nitrogen and oxygen atoms in total. The van der Waals surface area contributed by atoms with Gasteiger partial charge in [0.05, 0.1) is 16.3 Å². The maximum absolute atomic E-state index is 11.6. The Balaban J connectivity index is 2.72. The van der Waals surface area contributed by atoms with Gasteiger partial charge in [0.25, 0.3) is 0 Å². The lowest BCUT2D eigenvalue weighted by Gasteiger charge is -2.07. The highest BCUT2D eigenvalue weighted by atomic mass is 35.5. The van der Waals surface area contributed by atoms with Gasteiger partial charge in [0.15, 0.2) is 5.96 Å². The molecule has 0 fully saturated rings. The number of benzene rings is 1. The number of nitrogens with two attached hydrogens (primary N) is 4. The quantitative estimate of drug-likeness (QED) is 0.316. The molecule has 0 aliphatic heterocycles. The Bertz CT molecular complexity index is 885. The zero-order valence-electron chi connectivity index (χ0n) is 11.3. The van der Waals surface area contributed by atoms with E-state index in [1.54, 1.807) is 0 Å². The van der Waals surface area contributed by atoms with E-state index < -0.39 is 10.0 Å². The summed E-state index contributed by atoms with van der Waals surface area (Å²) in [5.41, 5.74) is 16.2. The molecule has 2 aromatic rings. The standard InChI is InChI=1S/C9H11ClN10O2S/c10-4-2-5(15-9(13)16-8(11)12)3(7-17-19-20-18-7)1-6(4)23(14,21)22/h1-2H,(H2,14,21,22)(H,17,18,19,20)(H6,11,12,13,15,16). The summed E-state index contributed by atoms with van der Waals surface area (Å²) in [6.07, 6.45) is 0. The van der Waals surface area contributed by atoms with Crippen molar-refractivity contribution in [1.29, 1.82) is 0 Å². The number of nitrogens with zero attached hydrogens (tertiary/aromatic N) is 5. The highest BCUT2D eigenvalue weighted by molar-refractivity contribution is 7.89. The van der Waals surface area contributed by atoms with Gasteiger partial charge in [0.2, 0.25) is 21.8 Å². The topological polar surface area (TPSA) is 217 Å². The van der Waals surface area contributed by atoms with Crippen LogP contribution in [-0.4, -0.2) is 41.0 Å². The van der Waals surface area contributed by atoms with E-state index in [1.165, 1.54) is 6.07 Å². The molecule has 0 saturated carbocycles. The zero-order valence-corrected chi connectivity index (χ0v) is 12.9. The minimum atomic E-state index is -4.08. The first-order valence-corrected chi connectivity index (χ1v) is 7.65. The number of hydrogen-bond donors (Lipinski definition) is 5. The third-order valence-electron chi connectivity index (χ3n) is 2.42. The van der Waals surface area contributed by atoms with Crippen molar-refractivity contribution in [1.82, 2.24) is 20.6 Å². The van der Waals surface area contributed by atoms with Crippen LogP contribution in [0.1, 0.15) is 0 Å². The van der Waals surface area contributed by atoms with Crippen molar-refractivity contribution in [2.75, 3.05) is 0 Å². The van der Waals surface area contributed by atoms with Crippen molar-refractivity contribution >= 4 is 39.2 Å². The van der Waals surface area contributed by atoms with E-state index in [4.69, 9.17) is 33.9 Å². The molecule has 0 unspecified atom stereocenters. The van der Waals surface area contributed by atoms with Crippen LogP contribution in [0.5, 0.6) is 0 Å². The summed E-state index contributed by atoms with van der Waals surface area (Å²) in [5, 5.41) is 18.0. The van der Waals surface area contributed by atoms with Gasteiger partial charge < -0.3 is 17.2 Å². The molecule has 122 valence electrons. The Hall–Kier alpha value is -2.77. The lowest BCUT2D eigenvalue weighted by Crippen LogP contribution is -2.26. The normalized spacial score (nSPS) is 12.2. The molecule has 1 aromatic heterocycles. The lowest BCUT2D eigenvalue weighted by molar-refractivity contribution is 0.598. The van der Waals surface area contributed by atoms with Crippen LogP contribution >= 0.6 is 11.6 Å². The van der Waals surface area contributed by atoms with Crippen LogP contribution in [0.2, 0.25) is 5.02 Å². The number of aliphatic imine (C=N–C) groups is 2. The molecule has 1 aromatic carbocycles. The number of aromatic amines is 1. The summed E-state index contributed by atoms with van der Waals surface area (Å²) in [5.74, 6) is -0.545. The highest BCUT2D eigenvalue weighted by Gasteiger charge is 2.19. The number of hydrogen-bond acceptors (Lipinski definition) is 6. The van der Waals surface area contributed by atoms with Crippen LogP contribution < -0.4 is 22.3 Å². The predicted molar refractivity (Wildman–Crippen MR) is 83.1 cm³/mol. The number of rotatable bonds is 3. The second-order valence-corrected chi connectivity index (χ2v) is 6.02. The summed E-state index contributed by atoms with van der Waals surface area (Å²) >= 11 is 5.92. The zero-order chi connectivity index (χ0) is 17.2. The third kappa shape index (κ3) is 3.91. The average Bonchev–Trinajstić information content (AvgIpc) is 2.89. The summed E-state index contributed by atoms with van der Waals surface area (Å²) in [6.45, 7) is 0. The first-order valence-electron chi connectivity index (χ1n) is 5.72. The number of aromatic nitrogens is 4. The Labute approximate surface area is 134 Å². The number of halogens is 1. The van der Waals surface area contributed by atoms with Crippen molar-refractivity contribution in [3.05, 3.63) is 17.2 Å². The molecule has 0 spiro atoms. The Morgan fingerprint density at radius 2 is 1.96 bits per heavy atom. The summed E-state index contributed by atoms with van der Waals surface area (Å²) in [6, 6.07) is 2.35. The van der Waals surface area contributed by atoms with Crippen molar-refractivity contribution in [3.63, 3.8) is 0 Å². The Morgan fingerprint density at radius 3 is 2.48 bits per heavy atom. The van der Waals surface area contributed by atoms with Crippen LogP contribution in [0.15, 0.2) is 27.0 Å². The molecule has 0 aliphatic carbocycles. The molecule has 0 aliphatic rings. The molecular weight excluding hydrogens is 348 g/mol. The number of H-pyrrole nitrogens is 1. The first-order chi connectivity index (χ1) is 10.7. The smallest absolute Gasteiger partial charge is 0.239 e. The highest BCUT2D eigenvalue weighted by Crippen LogP contribution is 2.34. The average molecular weight is 359 g/mol. The van der Waals surface area contributed by atoms with Crippen LogP contribution in [-0.2, 0) is 10.0 Å². The second kappa shape index (κ2) is 6.15. The number of tetrazole rings is 1. The Kier molecular flexibility index (Phi) is 4.44. The van der Waals surface area contributed by atoms with Crippen LogP contribution in [0.3, 0.4) is 0 Å². The van der Waals surface area contributed by atoms with Gasteiger partial charge in [0, 0.05) is 0 Å². The van der Waals surface area contributed by atoms with E-state index in [2.05, 4.69) is 30.6 Å². The SMILES string of the molecule is NC(N)=NC(N)=Nc1cc(Cl)c(S(N)(=O)=O)cc1-c1nn[nH]n1. The van der Waals surface area contributed by atoms with E-state index in [1.807, 2.05) is 0 Å². The largest absolute Gasteiger partial charge is 0.370 e. The van der Waals surface area contributed by atoms with Gasteiger partial charge in [-0.3, -0.25) is 0 Å². The minimum absolute atomic E-state index is 0.0443. The maximum atomic E-state index is 11.6. The molecule has 0 bridgehead atoms. The summed E-state index contributed by atoms with van der Waals surface area (Å²) in [4.78, 5) is 7.16. The van der Waals surface area contributed by atoms with Gasteiger partial charge in [-0.1, -0.05) is 11.6 Å². The van der Waals surface area contributed by atoms with E-state index in [9.17, 15) is 8.42 Å². The molecule has 2 rings (SSSR count). The van der Waals surface area contributed by atoms with Crippen LogP contribution in [0.25, 0.3) is 11.4 Å². The molecule has 1 heterocycles. The molecule has 0 atom stereocenters.